The Hall–Kier alpha value is -3.00. The zero-order valence-corrected chi connectivity index (χ0v) is 16.7. The number of aromatic nitrogens is 5. The third kappa shape index (κ3) is 6.02. The lowest BCUT2D eigenvalue weighted by Crippen LogP contribution is -2.06. The van der Waals surface area contributed by atoms with Crippen molar-refractivity contribution in [2.75, 3.05) is 6.54 Å². The number of hydrogen-bond acceptors (Lipinski definition) is 6. The predicted molar refractivity (Wildman–Crippen MR) is 112 cm³/mol. The number of nitrogens with two attached hydrogens (primary N) is 1. The number of hydrogen-bond donors (Lipinski definition) is 3. The van der Waals surface area contributed by atoms with E-state index in [4.69, 9.17) is 10.7 Å². The molecule has 2 aromatic heterocycles. The van der Waals surface area contributed by atoms with Crippen LogP contribution in [-0.4, -0.2) is 48.9 Å². The van der Waals surface area contributed by atoms with Gasteiger partial charge in [-0.3, -0.25) is 14.8 Å². The van der Waals surface area contributed by atoms with Crippen LogP contribution in [0.5, 0.6) is 0 Å². The van der Waals surface area contributed by atoms with E-state index in [0.29, 0.717) is 17.3 Å². The molecule has 8 heteroatoms. The first-order valence-electron chi connectivity index (χ1n) is 9.47. The zero-order chi connectivity index (χ0) is 20.4. The van der Waals surface area contributed by atoms with E-state index < -0.39 is 6.10 Å². The van der Waals surface area contributed by atoms with Gasteiger partial charge in [-0.05, 0) is 31.9 Å². The van der Waals surface area contributed by atoms with Gasteiger partial charge in [0.05, 0.1) is 42.5 Å². The van der Waals surface area contributed by atoms with E-state index in [9.17, 15) is 5.11 Å². The van der Waals surface area contributed by atoms with Crippen molar-refractivity contribution in [2.24, 2.45) is 10.7 Å². The Kier molecular flexibility index (Phi) is 8.36. The Morgan fingerprint density at radius 3 is 2.82 bits per heavy atom. The summed E-state index contributed by atoms with van der Waals surface area (Å²) in [7, 11) is 0. The molecule has 0 bridgehead atoms. The van der Waals surface area contributed by atoms with E-state index in [-0.39, 0.29) is 6.54 Å². The summed E-state index contributed by atoms with van der Waals surface area (Å²) in [6.07, 6.45) is 11.6. The van der Waals surface area contributed by atoms with E-state index in [2.05, 4.69) is 34.1 Å². The van der Waals surface area contributed by atoms with Crippen LogP contribution in [0.4, 0.5) is 0 Å². The van der Waals surface area contributed by atoms with Gasteiger partial charge < -0.3 is 10.8 Å². The molecule has 0 amide bonds. The second-order valence-corrected chi connectivity index (χ2v) is 6.44. The Bertz CT molecular complexity index is 846. The van der Waals surface area contributed by atoms with E-state index in [1.165, 1.54) is 6.20 Å². The molecule has 0 fully saturated rings. The standard InChI is InChI=1S/C20H29N7O/c1-4-18(5-2)27-14-17(12-25-27)19-7-6-8-23-24-13-20(26-19)16(9-21)11-22-10-15(3)28/h6-9,11-15,18,23,28H,4-5,10,21H2,1-3H3. The lowest BCUT2D eigenvalue weighted by molar-refractivity contribution is 0.204. The lowest BCUT2D eigenvalue weighted by atomic mass is 10.2. The monoisotopic (exact) mass is 383 g/mol. The highest BCUT2D eigenvalue weighted by atomic mass is 16.3. The number of nitrogens with one attached hydrogen (secondary N) is 1. The molecule has 0 radical (unpaired) electrons. The molecule has 2 heterocycles. The first-order chi connectivity index (χ1) is 13.6. The van der Waals surface area contributed by atoms with Gasteiger partial charge in [0, 0.05) is 35.9 Å². The van der Waals surface area contributed by atoms with Crippen molar-refractivity contribution in [3.8, 4) is 11.3 Å². The minimum atomic E-state index is -0.524. The summed E-state index contributed by atoms with van der Waals surface area (Å²) in [4.78, 5) is 8.95. The zero-order valence-electron chi connectivity index (χ0n) is 16.7. The molecule has 0 saturated carbocycles. The molecular weight excluding hydrogens is 354 g/mol. The highest BCUT2D eigenvalue weighted by molar-refractivity contribution is 6.08. The number of rotatable bonds is 8. The molecule has 1 atom stereocenters. The number of aliphatic hydroxyl groups is 1. The SMILES string of the molecule is CCC(CC)n1cc(-c2ccc[nH]ncc(C(C=NCC(C)O)=CN)n2)cn1. The molecule has 0 saturated heterocycles. The number of nitrogens with zero attached hydrogens (tertiary/aromatic N) is 5. The van der Waals surface area contributed by atoms with Gasteiger partial charge in [0.15, 0.2) is 0 Å². The number of allylic oxidation sites excluding steroid dienone is 1. The van der Waals surface area contributed by atoms with Gasteiger partial charge in [-0.2, -0.15) is 10.2 Å². The third-order valence-corrected chi connectivity index (χ3v) is 4.22. The highest BCUT2D eigenvalue weighted by Gasteiger charge is 2.10. The van der Waals surface area contributed by atoms with Gasteiger partial charge in [0.1, 0.15) is 0 Å². The Morgan fingerprint density at radius 1 is 1.36 bits per heavy atom. The van der Waals surface area contributed by atoms with Crippen LogP contribution in [0.25, 0.3) is 16.8 Å². The topological polar surface area (TPSA) is 118 Å². The highest BCUT2D eigenvalue weighted by Crippen LogP contribution is 2.21. The van der Waals surface area contributed by atoms with Gasteiger partial charge in [0.2, 0.25) is 0 Å². The minimum absolute atomic E-state index is 0.284. The molecule has 0 aliphatic rings. The molecule has 0 spiro atoms. The number of aliphatic imine (C=N–C) groups is 1. The third-order valence-electron chi connectivity index (χ3n) is 4.22. The molecule has 4 N–H and O–H groups in total. The van der Waals surface area contributed by atoms with E-state index in [1.807, 2.05) is 29.2 Å². The molecule has 28 heavy (non-hydrogen) atoms. The maximum absolute atomic E-state index is 9.39. The maximum atomic E-state index is 9.39. The fourth-order valence-corrected chi connectivity index (χ4v) is 2.65. The van der Waals surface area contributed by atoms with Crippen LogP contribution in [0.1, 0.15) is 45.3 Å². The largest absolute Gasteiger partial charge is 0.404 e. The Balaban J connectivity index is 2.47. The number of aliphatic hydroxyl groups excluding tert-OH is 1. The van der Waals surface area contributed by atoms with Gasteiger partial charge in [-0.25, -0.2) is 4.98 Å². The summed E-state index contributed by atoms with van der Waals surface area (Å²) in [6, 6.07) is 4.08. The van der Waals surface area contributed by atoms with E-state index in [1.54, 1.807) is 25.5 Å². The van der Waals surface area contributed by atoms with Crippen molar-refractivity contribution in [3.05, 3.63) is 48.8 Å². The lowest BCUT2D eigenvalue weighted by Gasteiger charge is -2.12. The molecule has 0 aromatic carbocycles. The molecular formula is C20H29N7O. The van der Waals surface area contributed by atoms with Gasteiger partial charge >= 0.3 is 0 Å². The molecule has 0 aliphatic heterocycles. The maximum Gasteiger partial charge on any atom is 0.0939 e. The van der Waals surface area contributed by atoms with Crippen LogP contribution < -0.4 is 5.73 Å². The van der Waals surface area contributed by atoms with Crippen LogP contribution >= 0.6 is 0 Å². The summed E-state index contributed by atoms with van der Waals surface area (Å²) < 4.78 is 1.98. The predicted octanol–water partition coefficient (Wildman–Crippen LogP) is 2.90. The fraction of sp³-hybridized carbons (Fsp3) is 0.400. The Labute approximate surface area is 165 Å². The first-order valence-corrected chi connectivity index (χ1v) is 9.47. The van der Waals surface area contributed by atoms with Crippen LogP contribution in [0.3, 0.4) is 0 Å². The first kappa shape index (κ1) is 21.3. The van der Waals surface area contributed by atoms with Crippen molar-refractivity contribution >= 4 is 11.8 Å². The molecule has 2 rings (SSSR count). The summed E-state index contributed by atoms with van der Waals surface area (Å²) in [6.45, 7) is 6.27. The molecule has 8 nitrogen and oxygen atoms in total. The van der Waals surface area contributed by atoms with Gasteiger partial charge in [-0.15, -0.1) is 0 Å². The average molecular weight is 384 g/mol. The minimum Gasteiger partial charge on any atom is -0.404 e. The van der Waals surface area contributed by atoms with E-state index in [0.717, 1.165) is 24.1 Å². The van der Waals surface area contributed by atoms with Crippen molar-refractivity contribution < 1.29 is 5.11 Å². The van der Waals surface area contributed by atoms with Crippen LogP contribution in [-0.2, 0) is 0 Å². The molecule has 1 unspecified atom stereocenters. The summed E-state index contributed by atoms with van der Waals surface area (Å²) in [5.41, 5.74) is 8.58. The van der Waals surface area contributed by atoms with Gasteiger partial charge in [0.25, 0.3) is 0 Å². The second-order valence-electron chi connectivity index (χ2n) is 6.44. The summed E-state index contributed by atoms with van der Waals surface area (Å²) in [5, 5.41) is 20.8. The van der Waals surface area contributed by atoms with E-state index >= 15 is 0 Å². The molecule has 0 aliphatic carbocycles. The van der Waals surface area contributed by atoms with Gasteiger partial charge in [-0.1, -0.05) is 13.8 Å². The van der Waals surface area contributed by atoms with Crippen LogP contribution in [0, 0.1) is 0 Å². The fourth-order valence-electron chi connectivity index (χ4n) is 2.65. The summed E-state index contributed by atoms with van der Waals surface area (Å²) in [5.74, 6) is 0. The second kappa shape index (κ2) is 11.0. The van der Waals surface area contributed by atoms with Crippen molar-refractivity contribution in [1.29, 1.82) is 0 Å². The summed E-state index contributed by atoms with van der Waals surface area (Å²) >= 11 is 0. The quantitative estimate of drug-likeness (QED) is 0.606. The van der Waals surface area contributed by atoms with Crippen molar-refractivity contribution in [1.82, 2.24) is 25.0 Å². The Morgan fingerprint density at radius 2 is 2.14 bits per heavy atom. The normalized spacial score (nSPS) is 13.1. The smallest absolute Gasteiger partial charge is 0.0939 e. The van der Waals surface area contributed by atoms with Crippen LogP contribution in [0.15, 0.2) is 48.1 Å². The number of aromatic amines is 1. The average Bonchev–Trinajstić information content (AvgIpc) is 3.19. The molecule has 2 aromatic rings. The van der Waals surface area contributed by atoms with Crippen molar-refractivity contribution in [2.45, 2.75) is 45.8 Å². The van der Waals surface area contributed by atoms with Crippen molar-refractivity contribution in [3.63, 3.8) is 0 Å². The van der Waals surface area contributed by atoms with Crippen LogP contribution in [0.2, 0.25) is 0 Å². The number of H-pyrrole nitrogens is 1. The molecule has 150 valence electrons.